The summed E-state index contributed by atoms with van der Waals surface area (Å²) < 4.78 is 29.3. The number of imidazole rings is 1. The Bertz CT molecular complexity index is 643. The second kappa shape index (κ2) is 5.41. The van der Waals surface area contributed by atoms with Crippen molar-refractivity contribution >= 4 is 23.3 Å². The fourth-order valence-corrected chi connectivity index (χ4v) is 2.67. The zero-order valence-electron chi connectivity index (χ0n) is 11.3. The van der Waals surface area contributed by atoms with Crippen molar-refractivity contribution in [1.29, 1.82) is 0 Å². The average molecular weight is 284 g/mol. The lowest BCUT2D eigenvalue weighted by Crippen LogP contribution is -2.06. The molecule has 1 atom stereocenters. The molecule has 0 amide bonds. The first-order chi connectivity index (χ1) is 8.90. The first-order valence-corrected chi connectivity index (χ1v) is 6.90. The zero-order valence-corrected chi connectivity index (χ0v) is 12.2. The van der Waals surface area contributed by atoms with Gasteiger partial charge in [0.1, 0.15) is 11.3 Å². The lowest BCUT2D eigenvalue weighted by atomic mass is 10.0. The highest BCUT2D eigenvalue weighted by Gasteiger charge is 2.15. The minimum atomic E-state index is -0.601. The summed E-state index contributed by atoms with van der Waals surface area (Å²) in [6.07, 6.45) is 1.98. The molecule has 0 aliphatic rings. The van der Waals surface area contributed by atoms with E-state index in [0.717, 1.165) is 18.9 Å². The number of H-pyrrole nitrogens is 1. The molecule has 1 aromatic carbocycles. The molecule has 1 unspecified atom stereocenters. The molecule has 104 valence electrons. The molecule has 0 aliphatic heterocycles. The molecule has 19 heavy (non-hydrogen) atoms. The molecular weight excluding hydrogens is 266 g/mol. The van der Waals surface area contributed by atoms with Crippen LogP contribution in [0.15, 0.2) is 12.1 Å². The van der Waals surface area contributed by atoms with E-state index >= 15 is 0 Å². The summed E-state index contributed by atoms with van der Waals surface area (Å²) in [5.74, 6) is -0.588. The molecule has 0 radical (unpaired) electrons. The van der Waals surface area contributed by atoms with Crippen LogP contribution in [0.3, 0.4) is 0 Å². The third kappa shape index (κ3) is 2.86. The number of nitrogens with one attached hydrogen (secondary N) is 1. The highest BCUT2D eigenvalue weighted by molar-refractivity contribution is 7.71. The predicted molar refractivity (Wildman–Crippen MR) is 75.8 cm³/mol. The Morgan fingerprint density at radius 1 is 1.21 bits per heavy atom. The van der Waals surface area contributed by atoms with E-state index in [2.05, 4.69) is 18.8 Å². The minimum Gasteiger partial charge on any atom is -0.328 e. The third-order valence-corrected chi connectivity index (χ3v) is 3.65. The van der Waals surface area contributed by atoms with Crippen molar-refractivity contribution in [3.63, 3.8) is 0 Å². The van der Waals surface area contributed by atoms with Gasteiger partial charge < -0.3 is 9.55 Å². The predicted octanol–water partition coefficient (Wildman–Crippen LogP) is 4.97. The van der Waals surface area contributed by atoms with E-state index in [-0.39, 0.29) is 11.6 Å². The van der Waals surface area contributed by atoms with E-state index in [0.29, 0.717) is 16.2 Å². The summed E-state index contributed by atoms with van der Waals surface area (Å²) in [4.78, 5) is 2.83. The molecule has 1 aromatic heterocycles. The molecule has 0 saturated carbocycles. The first kappa shape index (κ1) is 14.2. The summed E-state index contributed by atoms with van der Waals surface area (Å²) in [6.45, 7) is 6.33. The highest BCUT2D eigenvalue weighted by atomic mass is 32.1. The first-order valence-electron chi connectivity index (χ1n) is 6.49. The van der Waals surface area contributed by atoms with E-state index in [9.17, 15) is 8.78 Å². The number of rotatable bonds is 4. The van der Waals surface area contributed by atoms with Gasteiger partial charge in [-0.1, -0.05) is 13.8 Å². The van der Waals surface area contributed by atoms with E-state index in [1.807, 2.05) is 6.92 Å². The minimum absolute atomic E-state index is 0.116. The SMILES string of the molecule is CC(C)CCC(C)n1c(=S)[nH]c2c(F)cc(F)cc21. The molecule has 2 rings (SSSR count). The van der Waals surface area contributed by atoms with Crippen LogP contribution in [0.2, 0.25) is 0 Å². The molecular formula is C14H18F2N2S. The quantitative estimate of drug-likeness (QED) is 0.786. The van der Waals surface area contributed by atoms with Gasteiger partial charge in [0.2, 0.25) is 0 Å². The Labute approximate surface area is 116 Å². The van der Waals surface area contributed by atoms with Crippen LogP contribution in [-0.2, 0) is 0 Å². The van der Waals surface area contributed by atoms with Crippen molar-refractivity contribution in [3.8, 4) is 0 Å². The van der Waals surface area contributed by atoms with Crippen LogP contribution in [0.5, 0.6) is 0 Å². The molecule has 0 aliphatic carbocycles. The molecule has 0 bridgehead atoms. The largest absolute Gasteiger partial charge is 0.328 e. The van der Waals surface area contributed by atoms with Gasteiger partial charge in [0.05, 0.1) is 5.52 Å². The molecule has 0 fully saturated rings. The van der Waals surface area contributed by atoms with E-state index in [1.54, 1.807) is 4.57 Å². The van der Waals surface area contributed by atoms with E-state index in [4.69, 9.17) is 12.2 Å². The van der Waals surface area contributed by atoms with Crippen molar-refractivity contribution in [2.75, 3.05) is 0 Å². The number of hydrogen-bond acceptors (Lipinski definition) is 1. The lowest BCUT2D eigenvalue weighted by Gasteiger charge is -2.15. The van der Waals surface area contributed by atoms with Crippen LogP contribution >= 0.6 is 12.2 Å². The number of halogens is 2. The smallest absolute Gasteiger partial charge is 0.178 e. The standard InChI is InChI=1S/C14H18F2N2S/c1-8(2)4-5-9(3)18-12-7-10(15)6-11(16)13(12)17-14(18)19/h6-9H,4-5H2,1-3H3,(H,17,19). The van der Waals surface area contributed by atoms with Crippen LogP contribution in [0, 0.1) is 22.3 Å². The third-order valence-electron chi connectivity index (χ3n) is 3.35. The maximum Gasteiger partial charge on any atom is 0.178 e. The van der Waals surface area contributed by atoms with Crippen molar-refractivity contribution in [3.05, 3.63) is 28.5 Å². The van der Waals surface area contributed by atoms with Crippen molar-refractivity contribution in [1.82, 2.24) is 9.55 Å². The zero-order chi connectivity index (χ0) is 14.2. The molecule has 0 spiro atoms. The molecule has 2 aromatic rings. The summed E-state index contributed by atoms with van der Waals surface area (Å²) in [6, 6.07) is 2.32. The topological polar surface area (TPSA) is 20.7 Å². The number of fused-ring (bicyclic) bond motifs is 1. The van der Waals surface area contributed by atoms with Gasteiger partial charge in [0.15, 0.2) is 10.6 Å². The fraction of sp³-hybridized carbons (Fsp3) is 0.500. The number of nitrogens with zero attached hydrogens (tertiary/aromatic N) is 1. The van der Waals surface area contributed by atoms with Crippen LogP contribution in [0.1, 0.15) is 39.7 Å². The molecule has 2 nitrogen and oxygen atoms in total. The highest BCUT2D eigenvalue weighted by Crippen LogP contribution is 2.25. The van der Waals surface area contributed by atoms with Crippen LogP contribution in [0.25, 0.3) is 11.0 Å². The number of aromatic amines is 1. The molecule has 1 heterocycles. The summed E-state index contributed by atoms with van der Waals surface area (Å²) in [7, 11) is 0. The number of hydrogen-bond donors (Lipinski definition) is 1. The van der Waals surface area contributed by atoms with Crippen molar-refractivity contribution in [2.24, 2.45) is 5.92 Å². The van der Waals surface area contributed by atoms with Gasteiger partial charge in [-0.2, -0.15) is 0 Å². The van der Waals surface area contributed by atoms with Crippen molar-refractivity contribution < 1.29 is 8.78 Å². The van der Waals surface area contributed by atoms with E-state index < -0.39 is 11.6 Å². The Morgan fingerprint density at radius 3 is 2.53 bits per heavy atom. The van der Waals surface area contributed by atoms with Gasteiger partial charge in [-0.25, -0.2) is 8.78 Å². The van der Waals surface area contributed by atoms with Gasteiger partial charge in [-0.05, 0) is 44.0 Å². The van der Waals surface area contributed by atoms with Gasteiger partial charge in [-0.3, -0.25) is 0 Å². The molecule has 0 saturated heterocycles. The summed E-state index contributed by atoms with van der Waals surface area (Å²) >= 11 is 5.23. The average Bonchev–Trinajstić information content (AvgIpc) is 2.63. The number of benzene rings is 1. The molecule has 1 N–H and O–H groups in total. The lowest BCUT2D eigenvalue weighted by molar-refractivity contribution is 0.443. The Morgan fingerprint density at radius 2 is 1.89 bits per heavy atom. The maximum absolute atomic E-state index is 13.7. The Hall–Kier alpha value is -1.23. The summed E-state index contributed by atoms with van der Waals surface area (Å²) in [5.41, 5.74) is 0.779. The van der Waals surface area contributed by atoms with Gasteiger partial charge in [0, 0.05) is 12.1 Å². The Kier molecular flexibility index (Phi) is 4.04. The van der Waals surface area contributed by atoms with Crippen LogP contribution in [0.4, 0.5) is 8.78 Å². The second-order valence-electron chi connectivity index (χ2n) is 5.40. The normalized spacial score (nSPS) is 13.4. The van der Waals surface area contributed by atoms with E-state index in [1.165, 1.54) is 6.07 Å². The monoisotopic (exact) mass is 284 g/mol. The number of aromatic nitrogens is 2. The van der Waals surface area contributed by atoms with Gasteiger partial charge in [-0.15, -0.1) is 0 Å². The summed E-state index contributed by atoms with van der Waals surface area (Å²) in [5, 5.41) is 0. The van der Waals surface area contributed by atoms with Crippen LogP contribution < -0.4 is 0 Å². The fourth-order valence-electron chi connectivity index (χ4n) is 2.29. The van der Waals surface area contributed by atoms with Crippen molar-refractivity contribution in [2.45, 2.75) is 39.7 Å². The maximum atomic E-state index is 13.7. The Balaban J connectivity index is 2.48. The second-order valence-corrected chi connectivity index (χ2v) is 5.79. The van der Waals surface area contributed by atoms with Gasteiger partial charge >= 0.3 is 0 Å². The van der Waals surface area contributed by atoms with Crippen LogP contribution in [-0.4, -0.2) is 9.55 Å². The molecule has 5 heteroatoms. The van der Waals surface area contributed by atoms with Gasteiger partial charge in [0.25, 0.3) is 0 Å².